The molecule has 1 saturated heterocycles. The summed E-state index contributed by atoms with van der Waals surface area (Å²) in [4.78, 5) is 14.2. The Hall–Kier alpha value is -0.540. The Kier molecular flexibility index (Phi) is 4.10. The topological polar surface area (TPSA) is 20.3 Å². The Labute approximate surface area is 115 Å². The van der Waals surface area contributed by atoms with Gasteiger partial charge in [0, 0.05) is 23.1 Å². The third kappa shape index (κ3) is 2.83. The maximum atomic E-state index is 12.4. The van der Waals surface area contributed by atoms with E-state index in [9.17, 15) is 4.79 Å². The van der Waals surface area contributed by atoms with Crippen molar-refractivity contribution in [2.45, 2.75) is 25.1 Å². The molecule has 4 heteroatoms. The molecule has 1 amide bonds. The summed E-state index contributed by atoms with van der Waals surface area (Å²) < 4.78 is 0.975. The monoisotopic (exact) mass is 315 g/mol. The van der Waals surface area contributed by atoms with Crippen LogP contribution >= 0.6 is 27.5 Å². The number of hydrogen-bond donors (Lipinski definition) is 0. The number of nitrogens with zero attached hydrogens (tertiary/aromatic N) is 1. The fourth-order valence-corrected chi connectivity index (χ4v) is 2.81. The molecular formula is C13H15BrClNO. The second kappa shape index (κ2) is 5.40. The molecule has 1 heterocycles. The molecule has 1 unspecified atom stereocenters. The molecule has 17 heavy (non-hydrogen) atoms. The number of carbonyl (C=O) groups is 1. The van der Waals surface area contributed by atoms with E-state index in [0.29, 0.717) is 6.54 Å². The molecule has 0 aliphatic carbocycles. The standard InChI is InChI=1S/C13H15BrClNO/c1-9-11(5-2-6-12(9)14)13(17)16-7-3-4-10(15)8-16/h2,5-6,10H,3-4,7-8H2,1H3. The van der Waals surface area contributed by atoms with Gasteiger partial charge in [0.15, 0.2) is 0 Å². The van der Waals surface area contributed by atoms with E-state index >= 15 is 0 Å². The zero-order valence-corrected chi connectivity index (χ0v) is 12.1. The highest BCUT2D eigenvalue weighted by atomic mass is 79.9. The predicted octanol–water partition coefficient (Wildman–Crippen LogP) is 3.60. The Morgan fingerprint density at radius 1 is 1.53 bits per heavy atom. The van der Waals surface area contributed by atoms with Crippen LogP contribution in [-0.2, 0) is 0 Å². The number of carbonyl (C=O) groups excluding carboxylic acids is 1. The van der Waals surface area contributed by atoms with Gasteiger partial charge in [0.1, 0.15) is 0 Å². The van der Waals surface area contributed by atoms with E-state index in [1.54, 1.807) is 0 Å². The number of hydrogen-bond acceptors (Lipinski definition) is 1. The molecule has 1 atom stereocenters. The second-order valence-electron chi connectivity index (χ2n) is 4.40. The average Bonchev–Trinajstić information content (AvgIpc) is 2.32. The van der Waals surface area contributed by atoms with E-state index in [0.717, 1.165) is 35.0 Å². The Morgan fingerprint density at radius 2 is 2.29 bits per heavy atom. The minimum absolute atomic E-state index is 0.0918. The van der Waals surface area contributed by atoms with Gasteiger partial charge in [-0.25, -0.2) is 0 Å². The van der Waals surface area contributed by atoms with E-state index in [-0.39, 0.29) is 11.3 Å². The van der Waals surface area contributed by atoms with Crippen LogP contribution in [-0.4, -0.2) is 29.3 Å². The molecule has 0 spiro atoms. The fraction of sp³-hybridized carbons (Fsp3) is 0.462. The fourth-order valence-electron chi connectivity index (χ4n) is 2.12. The average molecular weight is 317 g/mol. The van der Waals surface area contributed by atoms with Gasteiger partial charge in [-0.3, -0.25) is 4.79 Å². The van der Waals surface area contributed by atoms with E-state index in [1.165, 1.54) is 0 Å². The van der Waals surface area contributed by atoms with Crippen molar-refractivity contribution in [3.63, 3.8) is 0 Å². The molecule has 0 saturated carbocycles. The summed E-state index contributed by atoms with van der Waals surface area (Å²) in [5.41, 5.74) is 1.76. The quantitative estimate of drug-likeness (QED) is 0.725. The van der Waals surface area contributed by atoms with Gasteiger partial charge in [-0.05, 0) is 37.5 Å². The summed E-state index contributed by atoms with van der Waals surface area (Å²) in [6.45, 7) is 3.43. The number of amides is 1. The highest BCUT2D eigenvalue weighted by Gasteiger charge is 2.24. The molecule has 1 aromatic carbocycles. The molecule has 2 rings (SSSR count). The van der Waals surface area contributed by atoms with Crippen LogP contribution in [0.1, 0.15) is 28.8 Å². The zero-order valence-electron chi connectivity index (χ0n) is 9.75. The first-order valence-electron chi connectivity index (χ1n) is 5.78. The molecular weight excluding hydrogens is 302 g/mol. The molecule has 0 bridgehead atoms. The Bertz CT molecular complexity index is 435. The summed E-state index contributed by atoms with van der Waals surface area (Å²) in [6, 6.07) is 5.72. The number of alkyl halides is 1. The summed E-state index contributed by atoms with van der Waals surface area (Å²) in [7, 11) is 0. The van der Waals surface area contributed by atoms with Gasteiger partial charge < -0.3 is 4.90 Å². The lowest BCUT2D eigenvalue weighted by Crippen LogP contribution is -2.40. The van der Waals surface area contributed by atoms with E-state index in [2.05, 4.69) is 15.9 Å². The van der Waals surface area contributed by atoms with Gasteiger partial charge in [-0.1, -0.05) is 22.0 Å². The first kappa shape index (κ1) is 12.9. The largest absolute Gasteiger partial charge is 0.337 e. The maximum absolute atomic E-state index is 12.4. The molecule has 2 nitrogen and oxygen atoms in total. The van der Waals surface area contributed by atoms with Crippen molar-refractivity contribution < 1.29 is 4.79 Å². The molecule has 1 aliphatic heterocycles. The number of halogens is 2. The summed E-state index contributed by atoms with van der Waals surface area (Å²) in [5.74, 6) is 0.0918. The van der Waals surface area contributed by atoms with Crippen molar-refractivity contribution >= 4 is 33.4 Å². The minimum Gasteiger partial charge on any atom is -0.337 e. The van der Waals surface area contributed by atoms with Gasteiger partial charge in [0.25, 0.3) is 5.91 Å². The van der Waals surface area contributed by atoms with Crippen LogP contribution in [0, 0.1) is 6.92 Å². The molecule has 92 valence electrons. The highest BCUT2D eigenvalue weighted by molar-refractivity contribution is 9.10. The first-order valence-corrected chi connectivity index (χ1v) is 7.01. The van der Waals surface area contributed by atoms with Crippen molar-refractivity contribution in [2.24, 2.45) is 0 Å². The molecule has 0 N–H and O–H groups in total. The molecule has 0 aromatic heterocycles. The lowest BCUT2D eigenvalue weighted by Gasteiger charge is -2.30. The normalized spacial score (nSPS) is 20.4. The van der Waals surface area contributed by atoms with Crippen LogP contribution in [0.3, 0.4) is 0 Å². The van der Waals surface area contributed by atoms with Crippen molar-refractivity contribution in [2.75, 3.05) is 13.1 Å². The third-order valence-electron chi connectivity index (χ3n) is 3.15. The van der Waals surface area contributed by atoms with Gasteiger partial charge >= 0.3 is 0 Å². The van der Waals surface area contributed by atoms with Crippen molar-refractivity contribution in [3.8, 4) is 0 Å². The highest BCUT2D eigenvalue weighted by Crippen LogP contribution is 2.23. The van der Waals surface area contributed by atoms with E-state index < -0.39 is 0 Å². The van der Waals surface area contributed by atoms with Crippen LogP contribution in [0.2, 0.25) is 0 Å². The van der Waals surface area contributed by atoms with Gasteiger partial charge in [0.2, 0.25) is 0 Å². The zero-order chi connectivity index (χ0) is 12.4. The van der Waals surface area contributed by atoms with Crippen molar-refractivity contribution in [1.29, 1.82) is 0 Å². The first-order chi connectivity index (χ1) is 8.09. The smallest absolute Gasteiger partial charge is 0.254 e. The second-order valence-corrected chi connectivity index (χ2v) is 5.87. The van der Waals surface area contributed by atoms with Crippen molar-refractivity contribution in [3.05, 3.63) is 33.8 Å². The van der Waals surface area contributed by atoms with Crippen LogP contribution in [0.15, 0.2) is 22.7 Å². The van der Waals surface area contributed by atoms with Gasteiger partial charge in [0.05, 0.1) is 5.38 Å². The lowest BCUT2D eigenvalue weighted by molar-refractivity contribution is 0.0726. The summed E-state index contributed by atoms with van der Waals surface area (Å²) >= 11 is 9.56. The third-order valence-corrected chi connectivity index (χ3v) is 4.36. The minimum atomic E-state index is 0.0918. The van der Waals surface area contributed by atoms with Crippen LogP contribution in [0.4, 0.5) is 0 Å². The SMILES string of the molecule is Cc1c(Br)cccc1C(=O)N1CCCC(Cl)C1. The van der Waals surface area contributed by atoms with Gasteiger partial charge in [-0.2, -0.15) is 0 Å². The predicted molar refractivity (Wildman–Crippen MR) is 73.7 cm³/mol. The van der Waals surface area contributed by atoms with Gasteiger partial charge in [-0.15, -0.1) is 11.6 Å². The number of rotatable bonds is 1. The van der Waals surface area contributed by atoms with Crippen LogP contribution in [0.5, 0.6) is 0 Å². The van der Waals surface area contributed by atoms with Crippen molar-refractivity contribution in [1.82, 2.24) is 4.90 Å². The number of likely N-dealkylation sites (tertiary alicyclic amines) is 1. The summed E-state index contributed by atoms with van der Waals surface area (Å²) in [5, 5.41) is 0.0974. The molecule has 1 aliphatic rings. The molecule has 1 aromatic rings. The van der Waals surface area contributed by atoms with E-state index in [4.69, 9.17) is 11.6 Å². The molecule has 0 radical (unpaired) electrons. The summed E-state index contributed by atoms with van der Waals surface area (Å²) in [6.07, 6.45) is 2.00. The number of benzene rings is 1. The lowest BCUT2D eigenvalue weighted by atomic mass is 10.1. The molecule has 1 fully saturated rings. The number of piperidine rings is 1. The Balaban J connectivity index is 2.22. The van der Waals surface area contributed by atoms with Crippen LogP contribution < -0.4 is 0 Å². The maximum Gasteiger partial charge on any atom is 0.254 e. The Morgan fingerprint density at radius 3 is 3.00 bits per heavy atom. The van der Waals surface area contributed by atoms with E-state index in [1.807, 2.05) is 30.0 Å². The van der Waals surface area contributed by atoms with Crippen LogP contribution in [0.25, 0.3) is 0 Å².